The van der Waals surface area contributed by atoms with E-state index in [4.69, 9.17) is 4.74 Å². The zero-order valence-electron chi connectivity index (χ0n) is 12.6. The van der Waals surface area contributed by atoms with Crippen molar-refractivity contribution in [3.63, 3.8) is 0 Å². The predicted octanol–water partition coefficient (Wildman–Crippen LogP) is 3.47. The third-order valence-corrected chi connectivity index (χ3v) is 3.77. The van der Waals surface area contributed by atoms with Crippen LogP contribution in [0.3, 0.4) is 0 Å². The van der Waals surface area contributed by atoms with Crippen molar-refractivity contribution in [1.29, 1.82) is 0 Å². The first-order valence-electron chi connectivity index (χ1n) is 7.27. The molecular formula is C16H21NO4. The van der Waals surface area contributed by atoms with Gasteiger partial charge >= 0.3 is 0 Å². The lowest BCUT2D eigenvalue weighted by molar-refractivity contribution is -0.539. The Hall–Kier alpha value is -1.75. The second-order valence-electron chi connectivity index (χ2n) is 6.06. The molecule has 3 atom stereocenters. The molecule has 0 saturated carbocycles. The van der Waals surface area contributed by atoms with Crippen molar-refractivity contribution in [2.24, 2.45) is 5.92 Å². The number of hydrogen-bond acceptors (Lipinski definition) is 4. The third-order valence-electron chi connectivity index (χ3n) is 3.77. The van der Waals surface area contributed by atoms with Gasteiger partial charge in [0.2, 0.25) is 6.04 Å². The fourth-order valence-corrected chi connectivity index (χ4v) is 2.91. The number of nitrogens with zero attached hydrogens (tertiary/aromatic N) is 1. The van der Waals surface area contributed by atoms with Gasteiger partial charge in [-0.3, -0.25) is 14.9 Å². The Labute approximate surface area is 124 Å². The fourth-order valence-electron chi connectivity index (χ4n) is 2.91. The fraction of sp³-hybridized carbons (Fsp3) is 0.562. The Morgan fingerprint density at radius 3 is 2.48 bits per heavy atom. The average Bonchev–Trinajstić information content (AvgIpc) is 2.74. The molecule has 0 N–H and O–H groups in total. The smallest absolute Gasteiger partial charge is 0.243 e. The van der Waals surface area contributed by atoms with Crippen molar-refractivity contribution in [1.82, 2.24) is 0 Å². The van der Waals surface area contributed by atoms with Gasteiger partial charge in [0.15, 0.2) is 6.10 Å². The molecule has 1 aliphatic rings. The summed E-state index contributed by atoms with van der Waals surface area (Å²) in [6, 6.07) is 6.73. The number of carbonyl (C=O) groups is 1. The van der Waals surface area contributed by atoms with Gasteiger partial charge in [-0.25, -0.2) is 0 Å². The summed E-state index contributed by atoms with van der Waals surface area (Å²) in [4.78, 5) is 22.6. The minimum Gasteiger partial charge on any atom is -0.358 e. The monoisotopic (exact) mass is 291 g/mol. The van der Waals surface area contributed by atoms with Gasteiger partial charge in [0.05, 0.1) is 6.10 Å². The maximum Gasteiger partial charge on any atom is 0.243 e. The molecule has 0 saturated heterocycles. The predicted molar refractivity (Wildman–Crippen MR) is 78.5 cm³/mol. The maximum atomic E-state index is 11.4. The summed E-state index contributed by atoms with van der Waals surface area (Å²) in [7, 11) is 0. The van der Waals surface area contributed by atoms with Gasteiger partial charge in [-0.05, 0) is 24.0 Å². The first-order valence-corrected chi connectivity index (χ1v) is 7.27. The van der Waals surface area contributed by atoms with Crippen molar-refractivity contribution in [2.75, 3.05) is 0 Å². The van der Waals surface area contributed by atoms with E-state index in [-0.39, 0.29) is 29.1 Å². The molecule has 0 amide bonds. The van der Waals surface area contributed by atoms with Crippen LogP contribution in [0.25, 0.3) is 0 Å². The van der Waals surface area contributed by atoms with Crippen LogP contribution < -0.4 is 0 Å². The molecule has 1 aliphatic heterocycles. The largest absolute Gasteiger partial charge is 0.358 e. The van der Waals surface area contributed by atoms with Crippen LogP contribution >= 0.6 is 0 Å². The van der Waals surface area contributed by atoms with Crippen LogP contribution in [-0.4, -0.2) is 16.7 Å². The lowest BCUT2D eigenvalue weighted by atomic mass is 9.93. The summed E-state index contributed by atoms with van der Waals surface area (Å²) in [5.74, 6) is 0.236. The molecule has 5 heteroatoms. The first kappa shape index (κ1) is 15.6. The first-order chi connectivity index (χ1) is 9.90. The van der Waals surface area contributed by atoms with E-state index >= 15 is 0 Å². The van der Waals surface area contributed by atoms with Gasteiger partial charge < -0.3 is 4.74 Å². The molecule has 1 heterocycles. The third kappa shape index (κ3) is 3.47. The van der Waals surface area contributed by atoms with Crippen LogP contribution in [0.4, 0.5) is 0 Å². The molecule has 0 aromatic heterocycles. The average molecular weight is 291 g/mol. The maximum absolute atomic E-state index is 11.4. The summed E-state index contributed by atoms with van der Waals surface area (Å²) in [5, 5.41) is 11.4. The molecule has 1 aromatic rings. The summed E-state index contributed by atoms with van der Waals surface area (Å²) >= 11 is 0. The number of ketones is 1. The highest BCUT2D eigenvalue weighted by molar-refractivity contribution is 5.76. The van der Waals surface area contributed by atoms with Gasteiger partial charge in [-0.1, -0.05) is 38.1 Å². The second kappa shape index (κ2) is 6.35. The lowest BCUT2D eigenvalue weighted by Crippen LogP contribution is -2.29. The molecular weight excluding hydrogens is 270 g/mol. The Morgan fingerprint density at radius 2 is 1.95 bits per heavy atom. The molecule has 21 heavy (non-hydrogen) atoms. The number of nitro groups is 1. The Bertz CT molecular complexity index is 541. The quantitative estimate of drug-likeness (QED) is 0.594. The SMILES string of the molecule is CC(=O)CC1OC(C(CC(C)C)[N+](=O)[O-])c2ccccc21. The van der Waals surface area contributed by atoms with E-state index in [1.165, 1.54) is 6.92 Å². The number of benzene rings is 1. The normalized spacial score (nSPS) is 22.1. The van der Waals surface area contributed by atoms with Crippen molar-refractivity contribution in [3.8, 4) is 0 Å². The molecule has 3 unspecified atom stereocenters. The number of Topliss-reactive ketones (excluding diaryl/α,β-unsaturated/α-hetero) is 1. The van der Waals surface area contributed by atoms with Crippen LogP contribution in [0.15, 0.2) is 24.3 Å². The van der Waals surface area contributed by atoms with E-state index in [9.17, 15) is 14.9 Å². The lowest BCUT2D eigenvalue weighted by Gasteiger charge is -2.19. The van der Waals surface area contributed by atoms with E-state index in [1.807, 2.05) is 38.1 Å². The Kier molecular flexibility index (Phi) is 4.73. The van der Waals surface area contributed by atoms with Crippen molar-refractivity contribution in [2.45, 2.75) is 51.9 Å². The molecule has 5 nitrogen and oxygen atoms in total. The molecule has 0 bridgehead atoms. The van der Waals surface area contributed by atoms with Gasteiger partial charge in [0, 0.05) is 17.8 Å². The molecule has 0 radical (unpaired) electrons. The highest BCUT2D eigenvalue weighted by atomic mass is 16.6. The Morgan fingerprint density at radius 1 is 1.33 bits per heavy atom. The summed E-state index contributed by atoms with van der Waals surface area (Å²) in [5.41, 5.74) is 1.76. The van der Waals surface area contributed by atoms with Gasteiger partial charge in [-0.2, -0.15) is 0 Å². The van der Waals surface area contributed by atoms with Crippen LogP contribution in [0, 0.1) is 16.0 Å². The molecule has 0 fully saturated rings. The summed E-state index contributed by atoms with van der Waals surface area (Å²) in [6.45, 7) is 5.44. The second-order valence-corrected chi connectivity index (χ2v) is 6.06. The van der Waals surface area contributed by atoms with Crippen molar-refractivity contribution >= 4 is 5.78 Å². The number of ether oxygens (including phenoxy) is 1. The van der Waals surface area contributed by atoms with Crippen LogP contribution in [0.5, 0.6) is 0 Å². The van der Waals surface area contributed by atoms with Crippen LogP contribution in [0.1, 0.15) is 56.9 Å². The molecule has 0 aliphatic carbocycles. The standard InChI is InChI=1S/C16H21NO4/c1-10(2)8-14(17(19)20)16-13-7-5-4-6-12(13)15(21-16)9-11(3)18/h4-7,10,14-16H,8-9H2,1-3H3. The number of hydrogen-bond donors (Lipinski definition) is 0. The van der Waals surface area contributed by atoms with E-state index in [2.05, 4.69) is 0 Å². The summed E-state index contributed by atoms with van der Waals surface area (Å²) < 4.78 is 5.90. The van der Waals surface area contributed by atoms with Gasteiger partial charge in [0.1, 0.15) is 5.78 Å². The number of rotatable bonds is 6. The van der Waals surface area contributed by atoms with Crippen LogP contribution in [-0.2, 0) is 9.53 Å². The van der Waals surface area contributed by atoms with Gasteiger partial charge in [0.25, 0.3) is 0 Å². The van der Waals surface area contributed by atoms with Crippen molar-refractivity contribution in [3.05, 3.63) is 45.5 Å². The Balaban J connectivity index is 2.32. The molecule has 114 valence electrons. The molecule has 0 spiro atoms. The highest BCUT2D eigenvalue weighted by Crippen LogP contribution is 2.44. The van der Waals surface area contributed by atoms with E-state index in [0.717, 1.165) is 11.1 Å². The summed E-state index contributed by atoms with van der Waals surface area (Å²) in [6.07, 6.45) is -0.209. The van der Waals surface area contributed by atoms with Crippen molar-refractivity contribution < 1.29 is 14.5 Å². The van der Waals surface area contributed by atoms with E-state index in [0.29, 0.717) is 6.42 Å². The minimum atomic E-state index is -0.775. The van der Waals surface area contributed by atoms with Gasteiger partial charge in [-0.15, -0.1) is 0 Å². The number of fused-ring (bicyclic) bond motifs is 1. The number of carbonyl (C=O) groups excluding carboxylic acids is 1. The van der Waals surface area contributed by atoms with Crippen LogP contribution in [0.2, 0.25) is 0 Å². The highest BCUT2D eigenvalue weighted by Gasteiger charge is 2.42. The zero-order chi connectivity index (χ0) is 15.6. The molecule has 2 rings (SSSR count). The molecule has 1 aromatic carbocycles. The topological polar surface area (TPSA) is 69.4 Å². The van der Waals surface area contributed by atoms with E-state index < -0.39 is 12.1 Å². The minimum absolute atomic E-state index is 0.0250. The van der Waals surface area contributed by atoms with E-state index in [1.54, 1.807) is 0 Å². The zero-order valence-corrected chi connectivity index (χ0v) is 12.6.